The van der Waals surface area contributed by atoms with Crippen LogP contribution in [0.5, 0.6) is 0 Å². The van der Waals surface area contributed by atoms with E-state index in [4.69, 9.17) is 0 Å². The van der Waals surface area contributed by atoms with Crippen molar-refractivity contribution >= 4 is 17.7 Å². The van der Waals surface area contributed by atoms with Crippen molar-refractivity contribution in [3.8, 4) is 0 Å². The Morgan fingerprint density at radius 1 is 1.29 bits per heavy atom. The summed E-state index contributed by atoms with van der Waals surface area (Å²) in [5.74, 6) is 0.172. The molecular formula is C13H18N2OS. The molecule has 2 atom stereocenters. The zero-order chi connectivity index (χ0) is 12.3. The van der Waals surface area contributed by atoms with E-state index in [-0.39, 0.29) is 17.9 Å². The molecule has 0 spiro atoms. The molecule has 2 unspecified atom stereocenters. The summed E-state index contributed by atoms with van der Waals surface area (Å²) in [5, 5.41) is 0. The van der Waals surface area contributed by atoms with Crippen LogP contribution in [0.15, 0.2) is 29.2 Å². The molecule has 1 fully saturated rings. The van der Waals surface area contributed by atoms with Gasteiger partial charge in [0.15, 0.2) is 0 Å². The summed E-state index contributed by atoms with van der Waals surface area (Å²) in [4.78, 5) is 13.0. The maximum atomic E-state index is 11.7. The first kappa shape index (κ1) is 12.5. The third-order valence-corrected chi connectivity index (χ3v) is 4.00. The molecular weight excluding hydrogens is 232 g/mol. The summed E-state index contributed by atoms with van der Waals surface area (Å²) >= 11 is 1.73. The van der Waals surface area contributed by atoms with Crippen LogP contribution >= 0.6 is 11.8 Å². The number of hydrogen-bond donors (Lipinski definition) is 2. The highest BCUT2D eigenvalue weighted by Crippen LogP contribution is 2.21. The van der Waals surface area contributed by atoms with Crippen LogP contribution in [0.2, 0.25) is 0 Å². The van der Waals surface area contributed by atoms with Crippen LogP contribution in [0.4, 0.5) is 0 Å². The van der Waals surface area contributed by atoms with Gasteiger partial charge in [-0.15, -0.1) is 11.8 Å². The summed E-state index contributed by atoms with van der Waals surface area (Å²) in [7, 11) is 0. The van der Waals surface area contributed by atoms with Crippen molar-refractivity contribution in [2.75, 3.05) is 6.26 Å². The predicted molar refractivity (Wildman–Crippen MR) is 70.8 cm³/mol. The Morgan fingerprint density at radius 2 is 2.00 bits per heavy atom. The Labute approximate surface area is 106 Å². The lowest BCUT2D eigenvalue weighted by atomic mass is 9.92. The predicted octanol–water partition coefficient (Wildman–Crippen LogP) is 1.98. The SMILES string of the molecule is CCC1NNC(=O)C1Cc1ccc(SC)cc1. The van der Waals surface area contributed by atoms with Gasteiger partial charge in [-0.3, -0.25) is 10.2 Å². The van der Waals surface area contributed by atoms with Crippen LogP contribution in [-0.4, -0.2) is 18.2 Å². The van der Waals surface area contributed by atoms with Crippen molar-refractivity contribution < 1.29 is 4.79 Å². The van der Waals surface area contributed by atoms with Crippen molar-refractivity contribution in [2.24, 2.45) is 5.92 Å². The van der Waals surface area contributed by atoms with Crippen molar-refractivity contribution in [1.82, 2.24) is 10.9 Å². The monoisotopic (exact) mass is 250 g/mol. The van der Waals surface area contributed by atoms with Gasteiger partial charge in [-0.05, 0) is 36.8 Å². The molecule has 1 heterocycles. The quantitative estimate of drug-likeness (QED) is 0.803. The Bertz CT molecular complexity index is 391. The highest BCUT2D eigenvalue weighted by atomic mass is 32.2. The molecule has 0 saturated carbocycles. The molecule has 17 heavy (non-hydrogen) atoms. The summed E-state index contributed by atoms with van der Waals surface area (Å²) in [6.45, 7) is 2.10. The maximum absolute atomic E-state index is 11.7. The Morgan fingerprint density at radius 3 is 2.59 bits per heavy atom. The highest BCUT2D eigenvalue weighted by molar-refractivity contribution is 7.98. The van der Waals surface area contributed by atoms with Gasteiger partial charge in [0.2, 0.25) is 5.91 Å². The topological polar surface area (TPSA) is 41.1 Å². The number of benzene rings is 1. The second-order valence-electron chi connectivity index (χ2n) is 4.31. The highest BCUT2D eigenvalue weighted by Gasteiger charge is 2.32. The molecule has 3 nitrogen and oxygen atoms in total. The van der Waals surface area contributed by atoms with Gasteiger partial charge >= 0.3 is 0 Å². The molecule has 0 radical (unpaired) electrons. The smallest absolute Gasteiger partial charge is 0.239 e. The molecule has 0 aromatic heterocycles. The van der Waals surface area contributed by atoms with Crippen LogP contribution < -0.4 is 10.9 Å². The number of hydrazine groups is 1. The molecule has 1 aromatic rings. The lowest BCUT2D eigenvalue weighted by Crippen LogP contribution is -2.31. The molecule has 4 heteroatoms. The van der Waals surface area contributed by atoms with E-state index in [1.54, 1.807) is 11.8 Å². The number of hydrogen-bond acceptors (Lipinski definition) is 3. The van der Waals surface area contributed by atoms with Gasteiger partial charge in [0, 0.05) is 10.9 Å². The van der Waals surface area contributed by atoms with Crippen molar-refractivity contribution in [3.63, 3.8) is 0 Å². The summed E-state index contributed by atoms with van der Waals surface area (Å²) in [6.07, 6.45) is 3.84. The standard InChI is InChI=1S/C13H18N2OS/c1-3-12-11(13(16)15-14-12)8-9-4-6-10(17-2)7-5-9/h4-7,11-12,14H,3,8H2,1-2H3,(H,15,16). The zero-order valence-corrected chi connectivity index (χ0v) is 11.0. The van der Waals surface area contributed by atoms with E-state index < -0.39 is 0 Å². The van der Waals surface area contributed by atoms with Crippen molar-refractivity contribution in [2.45, 2.75) is 30.7 Å². The van der Waals surface area contributed by atoms with Gasteiger partial charge in [-0.2, -0.15) is 0 Å². The fourth-order valence-corrected chi connectivity index (χ4v) is 2.59. The molecule has 0 aliphatic carbocycles. The minimum absolute atomic E-state index is 0.0557. The average molecular weight is 250 g/mol. The minimum atomic E-state index is 0.0557. The first-order chi connectivity index (χ1) is 8.24. The lowest BCUT2D eigenvalue weighted by molar-refractivity contribution is -0.122. The van der Waals surface area contributed by atoms with E-state index in [1.807, 2.05) is 0 Å². The second-order valence-corrected chi connectivity index (χ2v) is 5.19. The van der Waals surface area contributed by atoms with Gasteiger partial charge in [0.05, 0.1) is 5.92 Å². The molecule has 92 valence electrons. The fourth-order valence-electron chi connectivity index (χ4n) is 2.18. The minimum Gasteiger partial charge on any atom is -0.291 e. The van der Waals surface area contributed by atoms with E-state index in [9.17, 15) is 4.79 Å². The van der Waals surface area contributed by atoms with Crippen LogP contribution in [0.25, 0.3) is 0 Å². The van der Waals surface area contributed by atoms with Crippen LogP contribution in [0.1, 0.15) is 18.9 Å². The number of nitrogens with one attached hydrogen (secondary N) is 2. The van der Waals surface area contributed by atoms with Gasteiger partial charge < -0.3 is 0 Å². The number of amides is 1. The molecule has 1 amide bonds. The van der Waals surface area contributed by atoms with E-state index >= 15 is 0 Å². The maximum Gasteiger partial charge on any atom is 0.239 e. The van der Waals surface area contributed by atoms with Crippen molar-refractivity contribution in [1.29, 1.82) is 0 Å². The number of thioether (sulfide) groups is 1. The Hall–Kier alpha value is -1.00. The summed E-state index contributed by atoms with van der Waals surface area (Å²) in [5.41, 5.74) is 6.99. The first-order valence-corrected chi connectivity index (χ1v) is 7.15. The molecule has 1 aliphatic rings. The third-order valence-electron chi connectivity index (χ3n) is 3.26. The normalized spacial score (nSPS) is 23.8. The number of carbonyl (C=O) groups excluding carboxylic acids is 1. The van der Waals surface area contributed by atoms with E-state index in [1.165, 1.54) is 10.5 Å². The lowest BCUT2D eigenvalue weighted by Gasteiger charge is -2.14. The molecule has 1 saturated heterocycles. The van der Waals surface area contributed by atoms with E-state index in [2.05, 4.69) is 48.3 Å². The van der Waals surface area contributed by atoms with Gasteiger partial charge in [-0.25, -0.2) is 5.43 Å². The molecule has 0 bridgehead atoms. The number of carbonyl (C=O) groups is 1. The summed E-state index contributed by atoms with van der Waals surface area (Å²) < 4.78 is 0. The van der Waals surface area contributed by atoms with Gasteiger partial charge in [0.25, 0.3) is 0 Å². The fraction of sp³-hybridized carbons (Fsp3) is 0.462. The first-order valence-electron chi connectivity index (χ1n) is 5.93. The Kier molecular flexibility index (Phi) is 4.07. The van der Waals surface area contributed by atoms with Crippen molar-refractivity contribution in [3.05, 3.63) is 29.8 Å². The number of rotatable bonds is 4. The third kappa shape index (κ3) is 2.82. The van der Waals surface area contributed by atoms with Crippen LogP contribution in [0, 0.1) is 5.92 Å². The molecule has 1 aromatic carbocycles. The van der Waals surface area contributed by atoms with Crippen LogP contribution in [-0.2, 0) is 11.2 Å². The molecule has 2 N–H and O–H groups in total. The second kappa shape index (κ2) is 5.56. The van der Waals surface area contributed by atoms with Crippen LogP contribution in [0.3, 0.4) is 0 Å². The Balaban J connectivity index is 2.06. The van der Waals surface area contributed by atoms with E-state index in [0.29, 0.717) is 0 Å². The largest absolute Gasteiger partial charge is 0.291 e. The van der Waals surface area contributed by atoms with Gasteiger partial charge in [-0.1, -0.05) is 19.1 Å². The summed E-state index contributed by atoms with van der Waals surface area (Å²) in [6, 6.07) is 8.71. The zero-order valence-electron chi connectivity index (χ0n) is 10.2. The van der Waals surface area contributed by atoms with Gasteiger partial charge in [0.1, 0.15) is 0 Å². The average Bonchev–Trinajstić information content (AvgIpc) is 2.71. The van der Waals surface area contributed by atoms with E-state index in [0.717, 1.165) is 12.8 Å². The molecule has 1 aliphatic heterocycles. The molecule has 2 rings (SSSR count).